The molecule has 0 saturated carbocycles. The van der Waals surface area contributed by atoms with E-state index in [2.05, 4.69) is 22.2 Å². The number of methoxy groups -OCH3 is 1. The van der Waals surface area contributed by atoms with Crippen LogP contribution >= 0.6 is 0 Å². The number of hydrogen-bond donors (Lipinski definition) is 1. The van der Waals surface area contributed by atoms with Gasteiger partial charge in [0.25, 0.3) is 0 Å². The molecule has 0 aromatic carbocycles. The summed E-state index contributed by atoms with van der Waals surface area (Å²) in [5.74, 6) is 1.20. The predicted molar refractivity (Wildman–Crippen MR) is 60.6 cm³/mol. The molecule has 0 spiro atoms. The number of ether oxygens (including phenoxy) is 2. The average molecular weight is 223 g/mol. The van der Waals surface area contributed by atoms with Crippen LogP contribution in [-0.2, 0) is 4.74 Å². The summed E-state index contributed by atoms with van der Waals surface area (Å²) >= 11 is 0. The van der Waals surface area contributed by atoms with Crippen molar-refractivity contribution in [2.24, 2.45) is 0 Å². The van der Waals surface area contributed by atoms with Crippen molar-refractivity contribution in [2.75, 3.05) is 19.0 Å². The first-order valence-corrected chi connectivity index (χ1v) is 5.53. The molecular formula is C11H17N3O2. The number of rotatable bonds is 3. The minimum Gasteiger partial charge on any atom is -0.481 e. The van der Waals surface area contributed by atoms with Crippen LogP contribution in [0, 0.1) is 0 Å². The third-order valence-corrected chi connectivity index (χ3v) is 2.66. The predicted octanol–water partition coefficient (Wildman–Crippen LogP) is 1.46. The molecule has 1 N–H and O–H groups in total. The molecule has 1 aromatic heterocycles. The van der Waals surface area contributed by atoms with Gasteiger partial charge in [0.2, 0.25) is 11.8 Å². The van der Waals surface area contributed by atoms with Gasteiger partial charge in [-0.25, -0.2) is 4.98 Å². The second kappa shape index (κ2) is 5.12. The van der Waals surface area contributed by atoms with Crippen molar-refractivity contribution >= 4 is 5.95 Å². The van der Waals surface area contributed by atoms with E-state index in [9.17, 15) is 0 Å². The van der Waals surface area contributed by atoms with Gasteiger partial charge < -0.3 is 14.8 Å². The van der Waals surface area contributed by atoms with Gasteiger partial charge in [0.1, 0.15) is 0 Å². The van der Waals surface area contributed by atoms with Crippen molar-refractivity contribution < 1.29 is 9.47 Å². The average Bonchev–Trinajstić information content (AvgIpc) is 2.29. The van der Waals surface area contributed by atoms with E-state index in [4.69, 9.17) is 9.47 Å². The molecule has 88 valence electrons. The van der Waals surface area contributed by atoms with Gasteiger partial charge in [-0.3, -0.25) is 0 Å². The van der Waals surface area contributed by atoms with E-state index in [0.29, 0.717) is 24.0 Å². The largest absolute Gasteiger partial charge is 0.481 e. The van der Waals surface area contributed by atoms with Gasteiger partial charge in [0, 0.05) is 24.9 Å². The van der Waals surface area contributed by atoms with Gasteiger partial charge in [0.15, 0.2) is 0 Å². The lowest BCUT2D eigenvalue weighted by Gasteiger charge is -2.27. The Morgan fingerprint density at radius 2 is 2.44 bits per heavy atom. The molecule has 5 heteroatoms. The second-order valence-corrected chi connectivity index (χ2v) is 3.97. The Kier molecular flexibility index (Phi) is 3.56. The van der Waals surface area contributed by atoms with Crippen LogP contribution in [0.3, 0.4) is 0 Å². The summed E-state index contributed by atoms with van der Waals surface area (Å²) in [6.45, 7) is 2.88. The van der Waals surface area contributed by atoms with Crippen LogP contribution in [0.2, 0.25) is 0 Å². The fourth-order valence-electron chi connectivity index (χ4n) is 1.84. The molecule has 0 bridgehead atoms. The van der Waals surface area contributed by atoms with Crippen molar-refractivity contribution in [3.63, 3.8) is 0 Å². The number of anilines is 1. The maximum Gasteiger partial charge on any atom is 0.226 e. The lowest BCUT2D eigenvalue weighted by molar-refractivity contribution is 0.0231. The van der Waals surface area contributed by atoms with E-state index in [0.717, 1.165) is 19.4 Å². The van der Waals surface area contributed by atoms with E-state index in [1.807, 2.05) is 0 Å². The Morgan fingerprint density at radius 3 is 3.19 bits per heavy atom. The summed E-state index contributed by atoms with van der Waals surface area (Å²) in [6, 6.07) is 2.12. The van der Waals surface area contributed by atoms with E-state index >= 15 is 0 Å². The topological polar surface area (TPSA) is 56.3 Å². The molecule has 1 aliphatic heterocycles. The highest BCUT2D eigenvalue weighted by molar-refractivity contribution is 5.28. The molecule has 16 heavy (non-hydrogen) atoms. The lowest BCUT2D eigenvalue weighted by Crippen LogP contribution is -2.33. The summed E-state index contributed by atoms with van der Waals surface area (Å²) < 4.78 is 10.5. The van der Waals surface area contributed by atoms with Gasteiger partial charge in [-0.2, -0.15) is 4.98 Å². The van der Waals surface area contributed by atoms with Gasteiger partial charge in [-0.05, 0) is 19.8 Å². The molecule has 1 aliphatic rings. The first kappa shape index (κ1) is 11.1. The first-order chi connectivity index (χ1) is 7.78. The third-order valence-electron chi connectivity index (χ3n) is 2.66. The molecule has 0 radical (unpaired) electrons. The Labute approximate surface area is 95.2 Å². The fourth-order valence-corrected chi connectivity index (χ4v) is 1.84. The lowest BCUT2D eigenvalue weighted by atomic mass is 10.0. The van der Waals surface area contributed by atoms with E-state index in [-0.39, 0.29) is 0 Å². The van der Waals surface area contributed by atoms with Crippen LogP contribution in [0.5, 0.6) is 5.88 Å². The summed E-state index contributed by atoms with van der Waals surface area (Å²) in [5.41, 5.74) is 0. The number of nitrogens with one attached hydrogen (secondary N) is 1. The van der Waals surface area contributed by atoms with Crippen molar-refractivity contribution in [2.45, 2.75) is 31.9 Å². The number of aromatic nitrogens is 2. The number of hydrogen-bond acceptors (Lipinski definition) is 5. The molecular weight excluding hydrogens is 206 g/mol. The summed E-state index contributed by atoms with van der Waals surface area (Å²) in [6.07, 6.45) is 3.97. The van der Waals surface area contributed by atoms with Gasteiger partial charge in [0.05, 0.1) is 13.2 Å². The van der Waals surface area contributed by atoms with Crippen LogP contribution in [0.4, 0.5) is 5.95 Å². The highest BCUT2D eigenvalue weighted by atomic mass is 16.5. The summed E-state index contributed by atoms with van der Waals surface area (Å²) in [5, 5.41) is 3.30. The summed E-state index contributed by atoms with van der Waals surface area (Å²) in [7, 11) is 1.60. The normalized spacial score (nSPS) is 25.1. The maximum atomic E-state index is 5.49. The van der Waals surface area contributed by atoms with Crippen LogP contribution < -0.4 is 10.1 Å². The molecule has 2 rings (SSSR count). The van der Waals surface area contributed by atoms with Gasteiger partial charge in [-0.1, -0.05) is 0 Å². The molecule has 5 nitrogen and oxygen atoms in total. The van der Waals surface area contributed by atoms with E-state index < -0.39 is 0 Å². The van der Waals surface area contributed by atoms with E-state index in [1.165, 1.54) is 0 Å². The number of nitrogens with zero attached hydrogens (tertiary/aromatic N) is 2. The van der Waals surface area contributed by atoms with Crippen molar-refractivity contribution in [1.29, 1.82) is 0 Å². The molecule has 1 aromatic rings. The quantitative estimate of drug-likeness (QED) is 0.840. The SMILES string of the molecule is COc1ccnc(NC2CCOC(C)C2)n1. The zero-order valence-corrected chi connectivity index (χ0v) is 9.64. The fraction of sp³-hybridized carbons (Fsp3) is 0.636. The standard InChI is InChI=1S/C11H17N3O2/c1-8-7-9(4-6-16-8)13-11-12-5-3-10(14-11)15-2/h3,5,8-9H,4,6-7H2,1-2H3,(H,12,13,14). The zero-order chi connectivity index (χ0) is 11.4. The summed E-state index contributed by atoms with van der Waals surface area (Å²) in [4.78, 5) is 8.39. The Hall–Kier alpha value is -1.36. The minimum atomic E-state index is 0.303. The van der Waals surface area contributed by atoms with Crippen molar-refractivity contribution in [3.05, 3.63) is 12.3 Å². The van der Waals surface area contributed by atoms with Crippen LogP contribution in [0.15, 0.2) is 12.3 Å². The second-order valence-electron chi connectivity index (χ2n) is 3.97. The highest BCUT2D eigenvalue weighted by Gasteiger charge is 2.19. The zero-order valence-electron chi connectivity index (χ0n) is 9.64. The molecule has 0 amide bonds. The Balaban J connectivity index is 1.97. The smallest absolute Gasteiger partial charge is 0.226 e. The molecule has 1 saturated heterocycles. The molecule has 2 unspecified atom stereocenters. The van der Waals surface area contributed by atoms with Crippen molar-refractivity contribution in [1.82, 2.24) is 9.97 Å². The van der Waals surface area contributed by atoms with Crippen LogP contribution in [-0.4, -0.2) is 35.8 Å². The molecule has 0 aliphatic carbocycles. The van der Waals surface area contributed by atoms with Crippen LogP contribution in [0.1, 0.15) is 19.8 Å². The molecule has 1 fully saturated rings. The molecule has 2 atom stereocenters. The van der Waals surface area contributed by atoms with Crippen molar-refractivity contribution in [3.8, 4) is 5.88 Å². The van der Waals surface area contributed by atoms with E-state index in [1.54, 1.807) is 19.4 Å². The minimum absolute atomic E-state index is 0.303. The van der Waals surface area contributed by atoms with Gasteiger partial charge in [-0.15, -0.1) is 0 Å². The Morgan fingerprint density at radius 1 is 1.56 bits per heavy atom. The highest BCUT2D eigenvalue weighted by Crippen LogP contribution is 2.17. The molecule has 2 heterocycles. The maximum absolute atomic E-state index is 5.49. The first-order valence-electron chi connectivity index (χ1n) is 5.53. The third kappa shape index (κ3) is 2.82. The van der Waals surface area contributed by atoms with Gasteiger partial charge >= 0.3 is 0 Å². The van der Waals surface area contributed by atoms with Crippen LogP contribution in [0.25, 0.3) is 0 Å². The Bertz CT molecular complexity index is 346. The monoisotopic (exact) mass is 223 g/mol.